The van der Waals surface area contributed by atoms with Gasteiger partial charge in [-0.25, -0.2) is 9.98 Å². The number of nitrogens with zero attached hydrogens (tertiary/aromatic N) is 3. The summed E-state index contributed by atoms with van der Waals surface area (Å²) >= 11 is 0. The van der Waals surface area contributed by atoms with Crippen LogP contribution in [-0.2, 0) is 6.54 Å². The summed E-state index contributed by atoms with van der Waals surface area (Å²) in [6, 6.07) is 4.14. The van der Waals surface area contributed by atoms with Gasteiger partial charge in [0.15, 0.2) is 5.96 Å². The van der Waals surface area contributed by atoms with Gasteiger partial charge in [0.25, 0.3) is 0 Å². The first kappa shape index (κ1) is 16.6. The fourth-order valence-electron chi connectivity index (χ4n) is 2.68. The highest BCUT2D eigenvalue weighted by Crippen LogP contribution is 2.18. The monoisotopic (exact) mass is 303 g/mol. The molecule has 1 saturated heterocycles. The van der Waals surface area contributed by atoms with E-state index < -0.39 is 0 Å². The van der Waals surface area contributed by atoms with Gasteiger partial charge in [-0.15, -0.1) is 0 Å². The van der Waals surface area contributed by atoms with Crippen LogP contribution in [0.3, 0.4) is 0 Å². The lowest BCUT2D eigenvalue weighted by Crippen LogP contribution is -2.32. The molecule has 0 bridgehead atoms. The van der Waals surface area contributed by atoms with Gasteiger partial charge >= 0.3 is 0 Å². The molecule has 2 heterocycles. The largest absolute Gasteiger partial charge is 0.370 e. The Hall–Kier alpha value is -1.78. The van der Waals surface area contributed by atoms with Gasteiger partial charge in [-0.3, -0.25) is 0 Å². The predicted octanol–water partition coefficient (Wildman–Crippen LogP) is 2.67. The molecule has 22 heavy (non-hydrogen) atoms. The number of aliphatic imine (C=N–C) groups is 1. The lowest BCUT2D eigenvalue weighted by atomic mass is 10.2. The van der Waals surface area contributed by atoms with Gasteiger partial charge < -0.3 is 16.0 Å². The summed E-state index contributed by atoms with van der Waals surface area (Å²) < 4.78 is 0. The summed E-state index contributed by atoms with van der Waals surface area (Å²) in [6.07, 6.45) is 9.34. The smallest absolute Gasteiger partial charge is 0.188 e. The van der Waals surface area contributed by atoms with Gasteiger partial charge in [0.2, 0.25) is 0 Å². The molecule has 0 saturated carbocycles. The zero-order valence-electron chi connectivity index (χ0n) is 13.7. The molecule has 0 spiro atoms. The average molecular weight is 303 g/mol. The second-order valence-electron chi connectivity index (χ2n) is 5.91. The minimum atomic E-state index is 0.538. The highest BCUT2D eigenvalue weighted by Gasteiger charge is 2.13. The van der Waals surface area contributed by atoms with E-state index in [9.17, 15) is 0 Å². The summed E-state index contributed by atoms with van der Waals surface area (Å²) in [6.45, 7) is 5.96. The molecule has 3 N–H and O–H groups in total. The molecular weight excluding hydrogens is 274 g/mol. The van der Waals surface area contributed by atoms with Crippen molar-refractivity contribution in [1.29, 1.82) is 0 Å². The fourth-order valence-corrected chi connectivity index (χ4v) is 2.68. The highest BCUT2D eigenvalue weighted by molar-refractivity contribution is 5.77. The van der Waals surface area contributed by atoms with Crippen molar-refractivity contribution in [2.75, 3.05) is 24.5 Å². The van der Waals surface area contributed by atoms with Crippen LogP contribution in [0.15, 0.2) is 23.3 Å². The zero-order chi connectivity index (χ0) is 15.6. The van der Waals surface area contributed by atoms with Gasteiger partial charge in [-0.1, -0.05) is 26.2 Å². The molecular formula is C17H29N5. The van der Waals surface area contributed by atoms with Crippen molar-refractivity contribution in [3.8, 4) is 0 Å². The maximum atomic E-state index is 5.91. The molecule has 1 aliphatic rings. The summed E-state index contributed by atoms with van der Waals surface area (Å²) in [4.78, 5) is 11.2. The van der Waals surface area contributed by atoms with Crippen LogP contribution in [0.25, 0.3) is 0 Å². The maximum absolute atomic E-state index is 5.91. The standard InChI is InChI=1S/C17H29N5/c1-2-3-4-5-9-20-17(18)21-14-15-8-10-19-16(13-15)22-11-6-7-12-22/h8,10,13H,2-7,9,11-12,14H2,1H3,(H3,18,20,21). The SMILES string of the molecule is CCCCCCNC(N)=NCc1ccnc(N2CCCC2)c1. The number of unbranched alkanes of at least 4 members (excludes halogenated alkanes) is 3. The lowest BCUT2D eigenvalue weighted by molar-refractivity contribution is 0.652. The van der Waals surface area contributed by atoms with Crippen LogP contribution in [0.5, 0.6) is 0 Å². The Morgan fingerprint density at radius 2 is 2.14 bits per heavy atom. The van der Waals surface area contributed by atoms with Crippen LogP contribution >= 0.6 is 0 Å². The Kier molecular flexibility index (Phi) is 7.00. The Morgan fingerprint density at radius 3 is 2.91 bits per heavy atom. The molecule has 0 unspecified atom stereocenters. The third kappa shape index (κ3) is 5.54. The molecule has 0 atom stereocenters. The second kappa shape index (κ2) is 9.28. The second-order valence-corrected chi connectivity index (χ2v) is 5.91. The van der Waals surface area contributed by atoms with E-state index in [-0.39, 0.29) is 0 Å². The highest BCUT2D eigenvalue weighted by atomic mass is 15.2. The van der Waals surface area contributed by atoms with Gasteiger partial charge in [-0.05, 0) is 37.0 Å². The number of rotatable bonds is 8. The average Bonchev–Trinajstić information content (AvgIpc) is 3.07. The number of nitrogens with two attached hydrogens (primary N) is 1. The zero-order valence-corrected chi connectivity index (χ0v) is 13.7. The van der Waals surface area contributed by atoms with Crippen LogP contribution in [0.4, 0.5) is 5.82 Å². The molecule has 5 nitrogen and oxygen atoms in total. The maximum Gasteiger partial charge on any atom is 0.188 e. The molecule has 1 aliphatic heterocycles. The molecule has 1 aromatic rings. The Bertz CT molecular complexity index is 466. The lowest BCUT2D eigenvalue weighted by Gasteiger charge is -2.16. The number of hydrogen-bond acceptors (Lipinski definition) is 3. The molecule has 2 rings (SSSR count). The number of anilines is 1. The molecule has 0 radical (unpaired) electrons. The van der Waals surface area contributed by atoms with E-state index in [1.807, 2.05) is 12.3 Å². The fraction of sp³-hybridized carbons (Fsp3) is 0.647. The normalized spacial score (nSPS) is 15.3. The number of nitrogens with one attached hydrogen (secondary N) is 1. The van der Waals surface area contributed by atoms with Gasteiger partial charge in [0.05, 0.1) is 6.54 Å². The third-order valence-corrected chi connectivity index (χ3v) is 4.01. The van der Waals surface area contributed by atoms with Crippen molar-refractivity contribution in [2.45, 2.75) is 52.0 Å². The van der Waals surface area contributed by atoms with Crippen LogP contribution in [0, 0.1) is 0 Å². The molecule has 0 aliphatic carbocycles. The van der Waals surface area contributed by atoms with Crippen molar-refractivity contribution >= 4 is 11.8 Å². The van der Waals surface area contributed by atoms with Crippen molar-refractivity contribution in [2.24, 2.45) is 10.7 Å². The Labute approximate surface area is 134 Å². The first-order valence-corrected chi connectivity index (χ1v) is 8.53. The van der Waals surface area contributed by atoms with E-state index in [1.165, 1.54) is 32.1 Å². The molecule has 0 amide bonds. The van der Waals surface area contributed by atoms with Crippen LogP contribution < -0.4 is 16.0 Å². The quantitative estimate of drug-likeness (QED) is 0.440. The van der Waals surface area contributed by atoms with Crippen molar-refractivity contribution in [3.05, 3.63) is 23.9 Å². The summed E-state index contributed by atoms with van der Waals surface area (Å²) in [5, 5.41) is 3.18. The molecule has 122 valence electrons. The summed E-state index contributed by atoms with van der Waals surface area (Å²) in [5.74, 6) is 1.60. The predicted molar refractivity (Wildman–Crippen MR) is 93.2 cm³/mol. The summed E-state index contributed by atoms with van der Waals surface area (Å²) in [7, 11) is 0. The number of pyridine rings is 1. The van der Waals surface area contributed by atoms with Gasteiger partial charge in [0.1, 0.15) is 5.82 Å². The van der Waals surface area contributed by atoms with Crippen molar-refractivity contribution in [3.63, 3.8) is 0 Å². The Morgan fingerprint density at radius 1 is 1.32 bits per heavy atom. The number of guanidine groups is 1. The summed E-state index contributed by atoms with van der Waals surface area (Å²) in [5.41, 5.74) is 7.07. The van der Waals surface area contributed by atoms with E-state index in [0.717, 1.165) is 37.4 Å². The molecule has 0 aromatic carbocycles. The van der Waals surface area contributed by atoms with Crippen molar-refractivity contribution in [1.82, 2.24) is 10.3 Å². The number of aromatic nitrogens is 1. The number of hydrogen-bond donors (Lipinski definition) is 2. The van der Waals surface area contributed by atoms with Crippen LogP contribution in [0.1, 0.15) is 51.0 Å². The van der Waals surface area contributed by atoms with E-state index in [2.05, 4.69) is 33.2 Å². The first-order valence-electron chi connectivity index (χ1n) is 8.53. The Balaban J connectivity index is 1.77. The minimum Gasteiger partial charge on any atom is -0.370 e. The van der Waals surface area contributed by atoms with E-state index >= 15 is 0 Å². The third-order valence-electron chi connectivity index (χ3n) is 4.01. The minimum absolute atomic E-state index is 0.538. The topological polar surface area (TPSA) is 66.5 Å². The van der Waals surface area contributed by atoms with E-state index in [1.54, 1.807) is 0 Å². The van der Waals surface area contributed by atoms with E-state index in [4.69, 9.17) is 5.73 Å². The first-order chi connectivity index (χ1) is 10.8. The van der Waals surface area contributed by atoms with Crippen molar-refractivity contribution < 1.29 is 0 Å². The van der Waals surface area contributed by atoms with Gasteiger partial charge in [-0.2, -0.15) is 0 Å². The van der Waals surface area contributed by atoms with Gasteiger partial charge in [0, 0.05) is 25.8 Å². The van der Waals surface area contributed by atoms with Crippen LogP contribution in [-0.4, -0.2) is 30.6 Å². The molecule has 1 fully saturated rings. The van der Waals surface area contributed by atoms with E-state index in [0.29, 0.717) is 12.5 Å². The molecule has 5 heteroatoms. The molecule has 1 aromatic heterocycles. The van der Waals surface area contributed by atoms with Crippen LogP contribution in [0.2, 0.25) is 0 Å².